The van der Waals surface area contributed by atoms with E-state index in [-0.39, 0.29) is 12.2 Å². The van der Waals surface area contributed by atoms with Gasteiger partial charge in [0.05, 0.1) is 12.1 Å². The van der Waals surface area contributed by atoms with Gasteiger partial charge < -0.3 is 15.3 Å². The molecule has 0 spiro atoms. The summed E-state index contributed by atoms with van der Waals surface area (Å²) in [5, 5.41) is 0. The van der Waals surface area contributed by atoms with Crippen LogP contribution in [0.2, 0.25) is 0 Å². The number of nitrogens with one attached hydrogen (secondary N) is 1. The first-order chi connectivity index (χ1) is 10.8. The highest BCUT2D eigenvalue weighted by molar-refractivity contribution is 5.73. The smallest absolute Gasteiger partial charge is 0.406 e. The summed E-state index contributed by atoms with van der Waals surface area (Å²) in [4.78, 5) is 16.5. The number of halogens is 3. The SMILES string of the molecule is Nc1cccc(CC(=O)ONc2ccc(OC(F)(F)F)cc2)c1. The summed E-state index contributed by atoms with van der Waals surface area (Å²) in [6.45, 7) is 0. The molecule has 0 radical (unpaired) electrons. The Balaban J connectivity index is 1.84. The lowest BCUT2D eigenvalue weighted by atomic mass is 10.1. The Hall–Kier alpha value is -2.90. The Morgan fingerprint density at radius 3 is 2.43 bits per heavy atom. The first-order valence-electron chi connectivity index (χ1n) is 6.48. The van der Waals surface area contributed by atoms with Crippen molar-refractivity contribution in [2.75, 3.05) is 11.2 Å². The number of carbonyl (C=O) groups is 1. The average molecular weight is 326 g/mol. The molecule has 0 fully saturated rings. The van der Waals surface area contributed by atoms with Crippen molar-refractivity contribution in [2.45, 2.75) is 12.8 Å². The zero-order valence-electron chi connectivity index (χ0n) is 11.8. The van der Waals surface area contributed by atoms with E-state index in [1.807, 2.05) is 0 Å². The molecule has 3 N–H and O–H groups in total. The maximum absolute atomic E-state index is 12.0. The van der Waals surface area contributed by atoms with Crippen molar-refractivity contribution in [3.05, 3.63) is 54.1 Å². The highest BCUT2D eigenvalue weighted by Gasteiger charge is 2.30. The maximum atomic E-state index is 12.0. The number of ether oxygens (including phenoxy) is 1. The number of nitrogens with two attached hydrogens (primary N) is 1. The topological polar surface area (TPSA) is 73.6 Å². The van der Waals surface area contributed by atoms with Crippen molar-refractivity contribution in [1.29, 1.82) is 0 Å². The summed E-state index contributed by atoms with van der Waals surface area (Å²) < 4.78 is 39.8. The van der Waals surface area contributed by atoms with Gasteiger partial charge in [-0.3, -0.25) is 0 Å². The van der Waals surface area contributed by atoms with Gasteiger partial charge in [0.15, 0.2) is 0 Å². The van der Waals surface area contributed by atoms with Crippen LogP contribution >= 0.6 is 0 Å². The van der Waals surface area contributed by atoms with Gasteiger partial charge >= 0.3 is 12.3 Å². The number of hydrogen-bond acceptors (Lipinski definition) is 5. The second-order valence-electron chi connectivity index (χ2n) is 4.57. The van der Waals surface area contributed by atoms with Gasteiger partial charge in [-0.15, -0.1) is 13.2 Å². The van der Waals surface area contributed by atoms with Crippen LogP contribution in [0.3, 0.4) is 0 Å². The lowest BCUT2D eigenvalue weighted by molar-refractivity contribution is -0.274. The minimum absolute atomic E-state index is 0.00725. The van der Waals surface area contributed by atoms with E-state index >= 15 is 0 Å². The molecular weight excluding hydrogens is 313 g/mol. The molecule has 0 aliphatic heterocycles. The molecule has 0 unspecified atom stereocenters. The van der Waals surface area contributed by atoms with Gasteiger partial charge in [-0.05, 0) is 42.0 Å². The number of carbonyl (C=O) groups excluding carboxylic acids is 1. The fraction of sp³-hybridized carbons (Fsp3) is 0.133. The van der Waals surface area contributed by atoms with Crippen LogP contribution in [-0.4, -0.2) is 12.3 Å². The van der Waals surface area contributed by atoms with Gasteiger partial charge in [0.1, 0.15) is 5.75 Å². The molecule has 2 aromatic rings. The number of benzene rings is 2. The zero-order chi connectivity index (χ0) is 16.9. The first kappa shape index (κ1) is 16.5. The Bertz CT molecular complexity index is 672. The fourth-order valence-corrected chi connectivity index (χ4v) is 1.75. The van der Waals surface area contributed by atoms with Crippen molar-refractivity contribution >= 4 is 17.3 Å². The molecule has 0 amide bonds. The lowest BCUT2D eigenvalue weighted by Crippen LogP contribution is -2.17. The van der Waals surface area contributed by atoms with E-state index in [0.717, 1.165) is 12.1 Å². The second-order valence-corrected chi connectivity index (χ2v) is 4.57. The highest BCUT2D eigenvalue weighted by Crippen LogP contribution is 2.23. The normalized spacial score (nSPS) is 10.9. The number of alkyl halides is 3. The molecular formula is C15H13F3N2O3. The van der Waals surface area contributed by atoms with Crippen LogP contribution < -0.4 is 16.0 Å². The molecule has 0 bridgehead atoms. The summed E-state index contributed by atoms with van der Waals surface area (Å²) in [5.41, 5.74) is 9.47. The fourth-order valence-electron chi connectivity index (χ4n) is 1.75. The van der Waals surface area contributed by atoms with E-state index in [1.54, 1.807) is 24.3 Å². The van der Waals surface area contributed by atoms with Crippen molar-refractivity contribution in [2.24, 2.45) is 0 Å². The quantitative estimate of drug-likeness (QED) is 0.651. The summed E-state index contributed by atoms with van der Waals surface area (Å²) in [6, 6.07) is 11.5. The van der Waals surface area contributed by atoms with Crippen molar-refractivity contribution in [3.63, 3.8) is 0 Å². The van der Waals surface area contributed by atoms with Crippen LogP contribution in [0, 0.1) is 0 Å². The first-order valence-corrected chi connectivity index (χ1v) is 6.48. The monoisotopic (exact) mass is 326 g/mol. The Morgan fingerprint density at radius 1 is 1.13 bits per heavy atom. The second kappa shape index (κ2) is 6.91. The van der Waals surface area contributed by atoms with Crippen LogP contribution in [0.15, 0.2) is 48.5 Å². The van der Waals surface area contributed by atoms with Crippen molar-refractivity contribution in [1.82, 2.24) is 0 Å². The summed E-state index contributed by atoms with van der Waals surface area (Å²) in [6.07, 6.45) is -4.74. The predicted octanol–water partition coefficient (Wildman–Crippen LogP) is 3.28. The molecule has 0 saturated carbocycles. The molecule has 122 valence electrons. The minimum atomic E-state index is -4.75. The number of hydrogen-bond donors (Lipinski definition) is 2. The summed E-state index contributed by atoms with van der Waals surface area (Å²) >= 11 is 0. The standard InChI is InChI=1S/C15H13F3N2O3/c16-15(17,18)22-13-6-4-12(5-7-13)20-23-14(21)9-10-2-1-3-11(19)8-10/h1-8,20H,9,19H2. The van der Waals surface area contributed by atoms with E-state index < -0.39 is 12.3 Å². The third kappa shape index (κ3) is 5.77. The Morgan fingerprint density at radius 2 is 1.83 bits per heavy atom. The van der Waals surface area contributed by atoms with Crippen molar-refractivity contribution < 1.29 is 27.5 Å². The number of nitrogen functional groups attached to an aromatic ring is 1. The number of anilines is 2. The molecule has 5 nitrogen and oxygen atoms in total. The Labute approximate surface area is 129 Å². The van der Waals surface area contributed by atoms with E-state index in [2.05, 4.69) is 10.2 Å². The van der Waals surface area contributed by atoms with E-state index in [1.165, 1.54) is 12.1 Å². The third-order valence-corrected chi connectivity index (χ3v) is 2.67. The maximum Gasteiger partial charge on any atom is 0.573 e. The van der Waals surface area contributed by atoms with Crippen LogP contribution in [0.25, 0.3) is 0 Å². The molecule has 0 heterocycles. The van der Waals surface area contributed by atoms with Gasteiger partial charge in [0.2, 0.25) is 0 Å². The molecule has 0 aliphatic rings. The van der Waals surface area contributed by atoms with Gasteiger partial charge in [-0.2, -0.15) is 0 Å². The predicted molar refractivity (Wildman–Crippen MR) is 77.4 cm³/mol. The van der Waals surface area contributed by atoms with E-state index in [4.69, 9.17) is 10.6 Å². The van der Waals surface area contributed by atoms with Gasteiger partial charge in [-0.1, -0.05) is 12.1 Å². The molecule has 0 atom stereocenters. The Kier molecular flexibility index (Phi) is 4.95. The van der Waals surface area contributed by atoms with Crippen molar-refractivity contribution in [3.8, 4) is 5.75 Å². The summed E-state index contributed by atoms with van der Waals surface area (Å²) in [5.74, 6) is -0.930. The summed E-state index contributed by atoms with van der Waals surface area (Å²) in [7, 11) is 0. The lowest BCUT2D eigenvalue weighted by Gasteiger charge is -2.10. The zero-order valence-corrected chi connectivity index (χ0v) is 11.8. The molecule has 0 saturated heterocycles. The van der Waals surface area contributed by atoms with Crippen LogP contribution in [-0.2, 0) is 16.1 Å². The van der Waals surface area contributed by atoms with Gasteiger partial charge in [0.25, 0.3) is 0 Å². The van der Waals surface area contributed by atoms with Gasteiger partial charge in [-0.25, -0.2) is 10.3 Å². The van der Waals surface area contributed by atoms with Crippen LogP contribution in [0.4, 0.5) is 24.5 Å². The largest absolute Gasteiger partial charge is 0.573 e. The third-order valence-electron chi connectivity index (χ3n) is 2.67. The molecule has 8 heteroatoms. The molecule has 0 aliphatic carbocycles. The molecule has 2 aromatic carbocycles. The number of rotatable bonds is 5. The average Bonchev–Trinajstić information content (AvgIpc) is 2.45. The van der Waals surface area contributed by atoms with Crippen LogP contribution in [0.1, 0.15) is 5.56 Å². The van der Waals surface area contributed by atoms with Gasteiger partial charge in [0, 0.05) is 5.69 Å². The minimum Gasteiger partial charge on any atom is -0.406 e. The highest BCUT2D eigenvalue weighted by atomic mass is 19.4. The van der Waals surface area contributed by atoms with Crippen LogP contribution in [0.5, 0.6) is 5.75 Å². The molecule has 23 heavy (non-hydrogen) atoms. The van der Waals surface area contributed by atoms with E-state index in [9.17, 15) is 18.0 Å². The molecule has 0 aromatic heterocycles. The molecule has 2 rings (SSSR count). The van der Waals surface area contributed by atoms with E-state index in [0.29, 0.717) is 16.9 Å².